The molecule has 1 unspecified atom stereocenters. The highest BCUT2D eigenvalue weighted by Gasteiger charge is 2.31. The maximum Gasteiger partial charge on any atom is 0.292 e. The zero-order valence-electron chi connectivity index (χ0n) is 13.8. The van der Waals surface area contributed by atoms with Crippen LogP contribution in [0, 0.1) is 11.7 Å². The molecule has 1 atom stereocenters. The molecule has 0 spiro atoms. The summed E-state index contributed by atoms with van der Waals surface area (Å²) in [5, 5.41) is 7.17. The molecule has 0 saturated heterocycles. The summed E-state index contributed by atoms with van der Waals surface area (Å²) in [6.07, 6.45) is 4.09. The Labute approximate surface area is 144 Å². The number of furan rings is 1. The summed E-state index contributed by atoms with van der Waals surface area (Å²) in [6, 6.07) is 11.3. The lowest BCUT2D eigenvalue weighted by Gasteiger charge is -2.14. The van der Waals surface area contributed by atoms with Crippen molar-refractivity contribution in [2.24, 2.45) is 5.92 Å². The molecule has 0 aliphatic heterocycles. The van der Waals surface area contributed by atoms with E-state index in [-0.39, 0.29) is 23.5 Å². The van der Waals surface area contributed by atoms with E-state index in [0.29, 0.717) is 23.1 Å². The lowest BCUT2D eigenvalue weighted by molar-refractivity contribution is 0.0996. The van der Waals surface area contributed by atoms with Crippen molar-refractivity contribution >= 4 is 11.7 Å². The molecule has 1 aliphatic rings. The molecule has 6 heteroatoms. The summed E-state index contributed by atoms with van der Waals surface area (Å²) in [7, 11) is 0. The monoisotopic (exact) mass is 339 g/mol. The van der Waals surface area contributed by atoms with E-state index in [4.69, 9.17) is 4.42 Å². The number of aromatic nitrogens is 2. The van der Waals surface area contributed by atoms with Gasteiger partial charge in [0.25, 0.3) is 5.91 Å². The highest BCUT2D eigenvalue weighted by Crippen LogP contribution is 2.40. The van der Waals surface area contributed by atoms with Crippen LogP contribution in [0.4, 0.5) is 10.2 Å². The van der Waals surface area contributed by atoms with E-state index in [9.17, 15) is 9.18 Å². The van der Waals surface area contributed by atoms with E-state index in [2.05, 4.69) is 17.3 Å². The van der Waals surface area contributed by atoms with Gasteiger partial charge in [0.15, 0.2) is 5.76 Å². The van der Waals surface area contributed by atoms with Gasteiger partial charge in [-0.05, 0) is 62.1 Å². The van der Waals surface area contributed by atoms with Gasteiger partial charge < -0.3 is 9.73 Å². The van der Waals surface area contributed by atoms with E-state index in [0.717, 1.165) is 0 Å². The molecule has 25 heavy (non-hydrogen) atoms. The second-order valence-corrected chi connectivity index (χ2v) is 6.36. The third kappa shape index (κ3) is 3.20. The van der Waals surface area contributed by atoms with E-state index in [1.54, 1.807) is 36.5 Å². The number of rotatable bonds is 5. The molecule has 1 saturated carbocycles. The molecule has 1 amide bonds. The second-order valence-electron chi connectivity index (χ2n) is 6.36. The fourth-order valence-electron chi connectivity index (χ4n) is 2.92. The van der Waals surface area contributed by atoms with Crippen molar-refractivity contribution in [1.82, 2.24) is 9.78 Å². The van der Waals surface area contributed by atoms with Gasteiger partial charge in [0.1, 0.15) is 17.4 Å². The second kappa shape index (κ2) is 6.20. The van der Waals surface area contributed by atoms with Crippen molar-refractivity contribution in [1.29, 1.82) is 0 Å². The number of nitrogens with zero attached hydrogens (tertiary/aromatic N) is 2. The van der Waals surface area contributed by atoms with E-state index in [1.807, 2.05) is 4.68 Å². The lowest BCUT2D eigenvalue weighted by atomic mass is 10.2. The first-order valence-electron chi connectivity index (χ1n) is 8.32. The van der Waals surface area contributed by atoms with E-state index in [1.165, 1.54) is 25.0 Å². The summed E-state index contributed by atoms with van der Waals surface area (Å²) in [4.78, 5) is 12.5. The van der Waals surface area contributed by atoms with Crippen molar-refractivity contribution in [3.8, 4) is 11.3 Å². The number of nitrogens with one attached hydrogen (secondary N) is 1. The van der Waals surface area contributed by atoms with Crippen LogP contribution in [0.3, 0.4) is 0 Å². The molecule has 0 radical (unpaired) electrons. The number of benzene rings is 1. The Balaban J connectivity index is 1.50. The molecule has 1 aromatic carbocycles. The van der Waals surface area contributed by atoms with Crippen LogP contribution in [0.25, 0.3) is 11.3 Å². The molecule has 128 valence electrons. The minimum absolute atomic E-state index is 0.200. The van der Waals surface area contributed by atoms with E-state index < -0.39 is 0 Å². The van der Waals surface area contributed by atoms with Crippen molar-refractivity contribution in [2.75, 3.05) is 5.32 Å². The maximum atomic E-state index is 13.0. The van der Waals surface area contributed by atoms with Crippen molar-refractivity contribution in [3.05, 3.63) is 60.2 Å². The van der Waals surface area contributed by atoms with E-state index >= 15 is 0 Å². The Morgan fingerprint density at radius 2 is 2.00 bits per heavy atom. The first kappa shape index (κ1) is 15.6. The van der Waals surface area contributed by atoms with Crippen LogP contribution < -0.4 is 5.32 Å². The van der Waals surface area contributed by atoms with Crippen LogP contribution in [-0.2, 0) is 0 Å². The number of carbonyl (C=O) groups is 1. The quantitative estimate of drug-likeness (QED) is 0.744. The lowest BCUT2D eigenvalue weighted by Crippen LogP contribution is -2.18. The van der Waals surface area contributed by atoms with Crippen LogP contribution in [-0.4, -0.2) is 15.7 Å². The zero-order valence-corrected chi connectivity index (χ0v) is 13.8. The van der Waals surface area contributed by atoms with Crippen LogP contribution in [0.5, 0.6) is 0 Å². The molecule has 2 heterocycles. The molecule has 1 N–H and O–H groups in total. The number of hydrogen-bond acceptors (Lipinski definition) is 3. The van der Waals surface area contributed by atoms with Gasteiger partial charge in [-0.25, -0.2) is 9.07 Å². The van der Waals surface area contributed by atoms with Gasteiger partial charge in [-0.3, -0.25) is 4.79 Å². The van der Waals surface area contributed by atoms with Crippen LogP contribution in [0.2, 0.25) is 0 Å². The molecule has 3 aromatic rings. The van der Waals surface area contributed by atoms with Crippen molar-refractivity contribution in [2.45, 2.75) is 25.8 Å². The molecule has 4 rings (SSSR count). The van der Waals surface area contributed by atoms with Gasteiger partial charge in [-0.1, -0.05) is 0 Å². The SMILES string of the molecule is CC(C1CC1)n1nccc1NC(=O)c1ccc(-c2ccc(F)cc2)o1. The summed E-state index contributed by atoms with van der Waals surface area (Å²) in [5.41, 5.74) is 0.716. The van der Waals surface area contributed by atoms with Gasteiger partial charge in [0.05, 0.1) is 12.2 Å². The minimum Gasteiger partial charge on any atom is -0.451 e. The molecular formula is C19H18FN3O2. The van der Waals surface area contributed by atoms with Gasteiger partial charge in [-0.2, -0.15) is 5.10 Å². The standard InChI is InChI=1S/C19H18FN3O2/c1-12(13-2-3-13)23-18(10-11-21-23)22-19(24)17-9-8-16(25-17)14-4-6-15(20)7-5-14/h4-13H,2-3H2,1H3,(H,22,24). The average Bonchev–Trinajstić information content (AvgIpc) is 3.16. The highest BCUT2D eigenvalue weighted by atomic mass is 19.1. The fraction of sp³-hybridized carbons (Fsp3) is 0.263. The molecule has 1 fully saturated rings. The third-order valence-electron chi connectivity index (χ3n) is 4.56. The predicted octanol–water partition coefficient (Wildman–Crippen LogP) is 4.51. The fourth-order valence-corrected chi connectivity index (χ4v) is 2.92. The Bertz CT molecular complexity index is 894. The van der Waals surface area contributed by atoms with Gasteiger partial charge in [0.2, 0.25) is 0 Å². The number of anilines is 1. The Kier molecular flexibility index (Phi) is 3.87. The molecule has 0 bridgehead atoms. The first-order valence-corrected chi connectivity index (χ1v) is 8.32. The number of halogens is 1. The Morgan fingerprint density at radius 3 is 2.72 bits per heavy atom. The normalized spacial score (nSPS) is 15.1. The van der Waals surface area contributed by atoms with Gasteiger partial charge in [-0.15, -0.1) is 0 Å². The van der Waals surface area contributed by atoms with Crippen molar-refractivity contribution in [3.63, 3.8) is 0 Å². The minimum atomic E-state index is -0.335. The first-order chi connectivity index (χ1) is 12.1. The van der Waals surface area contributed by atoms with Crippen LogP contribution in [0.1, 0.15) is 36.4 Å². The molecule has 1 aliphatic carbocycles. The number of carbonyl (C=O) groups excluding carboxylic acids is 1. The summed E-state index contributed by atoms with van der Waals surface area (Å²) < 4.78 is 20.5. The summed E-state index contributed by atoms with van der Waals surface area (Å²) in [6.45, 7) is 2.11. The highest BCUT2D eigenvalue weighted by molar-refractivity contribution is 6.02. The average molecular weight is 339 g/mol. The Morgan fingerprint density at radius 1 is 1.24 bits per heavy atom. The van der Waals surface area contributed by atoms with Crippen molar-refractivity contribution < 1.29 is 13.6 Å². The largest absolute Gasteiger partial charge is 0.451 e. The predicted molar refractivity (Wildman–Crippen MR) is 91.7 cm³/mol. The topological polar surface area (TPSA) is 60.1 Å². The van der Waals surface area contributed by atoms with Gasteiger partial charge >= 0.3 is 0 Å². The smallest absolute Gasteiger partial charge is 0.292 e. The summed E-state index contributed by atoms with van der Waals surface area (Å²) in [5.74, 6) is 1.36. The van der Waals surface area contributed by atoms with Crippen LogP contribution in [0.15, 0.2) is 53.1 Å². The third-order valence-corrected chi connectivity index (χ3v) is 4.56. The molecular weight excluding hydrogens is 321 g/mol. The Hall–Kier alpha value is -2.89. The maximum absolute atomic E-state index is 13.0. The van der Waals surface area contributed by atoms with Gasteiger partial charge in [0, 0.05) is 11.6 Å². The summed E-state index contributed by atoms with van der Waals surface area (Å²) >= 11 is 0. The zero-order chi connectivity index (χ0) is 17.4. The molecule has 2 aromatic heterocycles. The number of hydrogen-bond donors (Lipinski definition) is 1. The molecule has 5 nitrogen and oxygen atoms in total. The van der Waals surface area contributed by atoms with Crippen LogP contribution >= 0.6 is 0 Å². The number of amides is 1.